The summed E-state index contributed by atoms with van der Waals surface area (Å²) in [7, 11) is 1.64. The molecule has 4 nitrogen and oxygen atoms in total. The minimum Gasteiger partial charge on any atom is -0.475 e. The first kappa shape index (κ1) is 16.0. The average molecular weight is 296 g/mol. The summed E-state index contributed by atoms with van der Waals surface area (Å²) >= 11 is 0. The fourth-order valence-corrected chi connectivity index (χ4v) is 2.33. The summed E-state index contributed by atoms with van der Waals surface area (Å²) in [5.41, 5.74) is 4.13. The van der Waals surface area contributed by atoms with Gasteiger partial charge in [0.2, 0.25) is 5.88 Å². The summed E-state index contributed by atoms with van der Waals surface area (Å²) in [5, 5.41) is 8.86. The highest BCUT2D eigenvalue weighted by molar-refractivity contribution is 5.40. The van der Waals surface area contributed by atoms with Crippen LogP contribution in [0, 0.1) is 18.3 Å². The van der Waals surface area contributed by atoms with Crippen molar-refractivity contribution in [3.63, 3.8) is 0 Å². The normalized spacial score (nSPS) is 11.7. The Balaban J connectivity index is 2.15. The second-order valence-electron chi connectivity index (χ2n) is 5.18. The van der Waals surface area contributed by atoms with Crippen LogP contribution in [0.25, 0.3) is 0 Å². The van der Waals surface area contributed by atoms with Crippen molar-refractivity contribution >= 4 is 0 Å². The van der Waals surface area contributed by atoms with E-state index in [9.17, 15) is 0 Å². The Kier molecular flexibility index (Phi) is 5.51. The summed E-state index contributed by atoms with van der Waals surface area (Å²) in [6, 6.07) is 11.8. The molecule has 1 heterocycles. The molecule has 0 amide bonds. The van der Waals surface area contributed by atoms with Gasteiger partial charge in [-0.3, -0.25) is 0 Å². The van der Waals surface area contributed by atoms with E-state index in [1.165, 1.54) is 0 Å². The van der Waals surface area contributed by atoms with Gasteiger partial charge in [0.25, 0.3) is 0 Å². The van der Waals surface area contributed by atoms with Gasteiger partial charge in [-0.2, -0.15) is 5.26 Å². The Morgan fingerprint density at radius 3 is 2.55 bits per heavy atom. The first-order chi connectivity index (χ1) is 10.7. The molecule has 22 heavy (non-hydrogen) atoms. The summed E-state index contributed by atoms with van der Waals surface area (Å²) in [5.74, 6) is 0.832. The van der Waals surface area contributed by atoms with E-state index in [0.29, 0.717) is 24.7 Å². The van der Waals surface area contributed by atoms with Crippen LogP contribution in [0.4, 0.5) is 0 Å². The molecule has 0 saturated heterocycles. The highest BCUT2D eigenvalue weighted by Gasteiger charge is 2.12. The number of pyridine rings is 1. The van der Waals surface area contributed by atoms with Crippen LogP contribution in [-0.2, 0) is 4.74 Å². The van der Waals surface area contributed by atoms with Crippen LogP contribution in [0.3, 0.4) is 0 Å². The zero-order chi connectivity index (χ0) is 15.9. The van der Waals surface area contributed by atoms with Crippen molar-refractivity contribution in [2.45, 2.75) is 19.8 Å². The molecule has 0 radical (unpaired) electrons. The minimum absolute atomic E-state index is 0.216. The number of nitrogens with zero attached hydrogens (tertiary/aromatic N) is 2. The monoisotopic (exact) mass is 296 g/mol. The van der Waals surface area contributed by atoms with Gasteiger partial charge in [0.1, 0.15) is 6.61 Å². The number of hydrogen-bond donors (Lipinski definition) is 0. The van der Waals surface area contributed by atoms with Crippen LogP contribution < -0.4 is 4.74 Å². The Bertz CT molecular complexity index is 660. The molecule has 2 aromatic rings. The van der Waals surface area contributed by atoms with Crippen molar-refractivity contribution in [2.75, 3.05) is 20.3 Å². The molecule has 2 rings (SSSR count). The molecule has 0 aliphatic heterocycles. The molecule has 1 unspecified atom stereocenters. The molecule has 0 spiro atoms. The first-order valence-corrected chi connectivity index (χ1v) is 7.24. The smallest absolute Gasteiger partial charge is 0.213 e. The van der Waals surface area contributed by atoms with E-state index in [-0.39, 0.29) is 5.92 Å². The molecule has 4 heteroatoms. The lowest BCUT2D eigenvalue weighted by atomic mass is 9.91. The molecular formula is C18H20N2O2. The standard InChI is InChI=1S/C18H20N2O2/c1-13-10-18(22-9-8-21-3)20-12-17(13)14(2)16-6-4-15(11-19)5-7-16/h4-7,10,12,14H,8-9H2,1-3H3. The summed E-state index contributed by atoms with van der Waals surface area (Å²) in [4.78, 5) is 4.36. The fourth-order valence-electron chi connectivity index (χ4n) is 2.33. The van der Waals surface area contributed by atoms with Crippen LogP contribution in [0.1, 0.15) is 35.1 Å². The van der Waals surface area contributed by atoms with Gasteiger partial charge < -0.3 is 9.47 Å². The third kappa shape index (κ3) is 3.84. The molecule has 1 aromatic carbocycles. The molecule has 1 atom stereocenters. The van der Waals surface area contributed by atoms with E-state index >= 15 is 0 Å². The zero-order valence-electron chi connectivity index (χ0n) is 13.2. The predicted molar refractivity (Wildman–Crippen MR) is 85.0 cm³/mol. The lowest BCUT2D eigenvalue weighted by molar-refractivity contribution is 0.143. The quantitative estimate of drug-likeness (QED) is 0.766. The van der Waals surface area contributed by atoms with Crippen molar-refractivity contribution in [3.8, 4) is 11.9 Å². The molecule has 114 valence electrons. The predicted octanol–water partition coefficient (Wildman–Crippen LogP) is 3.44. The number of hydrogen-bond acceptors (Lipinski definition) is 4. The molecular weight excluding hydrogens is 276 g/mol. The maximum absolute atomic E-state index is 8.86. The number of benzene rings is 1. The van der Waals surface area contributed by atoms with Gasteiger partial charge in [-0.15, -0.1) is 0 Å². The van der Waals surface area contributed by atoms with Crippen LogP contribution >= 0.6 is 0 Å². The SMILES string of the molecule is COCCOc1cc(C)c(C(C)c2ccc(C#N)cc2)cn1. The number of aryl methyl sites for hydroxylation is 1. The molecule has 1 aromatic heterocycles. The van der Waals surface area contributed by atoms with Crippen LogP contribution in [0.5, 0.6) is 5.88 Å². The molecule has 0 aliphatic rings. The molecule has 0 saturated carbocycles. The maximum Gasteiger partial charge on any atom is 0.213 e. The number of rotatable bonds is 6. The van der Waals surface area contributed by atoms with Crippen LogP contribution in [-0.4, -0.2) is 25.3 Å². The Labute approximate surface area is 131 Å². The average Bonchev–Trinajstić information content (AvgIpc) is 2.55. The van der Waals surface area contributed by atoms with E-state index in [2.05, 4.69) is 24.9 Å². The largest absolute Gasteiger partial charge is 0.475 e. The number of ether oxygens (including phenoxy) is 2. The van der Waals surface area contributed by atoms with Crippen LogP contribution in [0.2, 0.25) is 0 Å². The lowest BCUT2D eigenvalue weighted by Gasteiger charge is -2.16. The third-order valence-corrected chi connectivity index (χ3v) is 3.67. The topological polar surface area (TPSA) is 55.1 Å². The Morgan fingerprint density at radius 2 is 1.95 bits per heavy atom. The van der Waals surface area contributed by atoms with Gasteiger partial charge in [0, 0.05) is 25.3 Å². The van der Waals surface area contributed by atoms with Crippen molar-refractivity contribution in [1.82, 2.24) is 4.98 Å². The second-order valence-corrected chi connectivity index (χ2v) is 5.18. The van der Waals surface area contributed by atoms with E-state index in [1.54, 1.807) is 7.11 Å². The summed E-state index contributed by atoms with van der Waals surface area (Å²) in [6.45, 7) is 5.23. The van der Waals surface area contributed by atoms with Crippen molar-refractivity contribution in [2.24, 2.45) is 0 Å². The van der Waals surface area contributed by atoms with Gasteiger partial charge >= 0.3 is 0 Å². The van der Waals surface area contributed by atoms with Gasteiger partial charge in [-0.05, 0) is 35.7 Å². The Morgan fingerprint density at radius 1 is 1.23 bits per heavy atom. The number of aromatic nitrogens is 1. The second kappa shape index (κ2) is 7.58. The molecule has 0 bridgehead atoms. The van der Waals surface area contributed by atoms with Crippen molar-refractivity contribution in [1.29, 1.82) is 5.26 Å². The zero-order valence-corrected chi connectivity index (χ0v) is 13.2. The van der Waals surface area contributed by atoms with Gasteiger partial charge in [0.05, 0.1) is 18.2 Å². The maximum atomic E-state index is 8.86. The lowest BCUT2D eigenvalue weighted by Crippen LogP contribution is -2.07. The van der Waals surface area contributed by atoms with Gasteiger partial charge in [-0.25, -0.2) is 4.98 Å². The number of methoxy groups -OCH3 is 1. The van der Waals surface area contributed by atoms with E-state index in [1.807, 2.05) is 36.5 Å². The summed E-state index contributed by atoms with van der Waals surface area (Å²) in [6.07, 6.45) is 1.86. The molecule has 0 aliphatic carbocycles. The number of nitriles is 1. The van der Waals surface area contributed by atoms with E-state index in [0.717, 1.165) is 16.7 Å². The van der Waals surface area contributed by atoms with Crippen molar-refractivity contribution in [3.05, 3.63) is 58.8 Å². The Hall–Kier alpha value is -2.38. The van der Waals surface area contributed by atoms with Gasteiger partial charge in [-0.1, -0.05) is 19.1 Å². The van der Waals surface area contributed by atoms with Crippen LogP contribution in [0.15, 0.2) is 36.5 Å². The summed E-state index contributed by atoms with van der Waals surface area (Å²) < 4.78 is 10.5. The first-order valence-electron chi connectivity index (χ1n) is 7.24. The fraction of sp³-hybridized carbons (Fsp3) is 0.333. The van der Waals surface area contributed by atoms with Gasteiger partial charge in [0.15, 0.2) is 0 Å². The minimum atomic E-state index is 0.216. The highest BCUT2D eigenvalue weighted by atomic mass is 16.5. The van der Waals surface area contributed by atoms with E-state index < -0.39 is 0 Å². The third-order valence-electron chi connectivity index (χ3n) is 3.67. The van der Waals surface area contributed by atoms with Crippen molar-refractivity contribution < 1.29 is 9.47 Å². The molecule has 0 fully saturated rings. The highest BCUT2D eigenvalue weighted by Crippen LogP contribution is 2.27. The molecule has 0 N–H and O–H groups in total. The van der Waals surface area contributed by atoms with E-state index in [4.69, 9.17) is 14.7 Å².